The number of hydrogen-bond donors (Lipinski definition) is 1. The summed E-state index contributed by atoms with van der Waals surface area (Å²) in [5, 5.41) is 3.49. The quantitative estimate of drug-likeness (QED) is 0.882. The molecule has 0 saturated carbocycles. The predicted molar refractivity (Wildman–Crippen MR) is 84.0 cm³/mol. The largest absolute Gasteiger partial charge is 0.493 e. The van der Waals surface area contributed by atoms with Crippen LogP contribution in [0, 0.1) is 0 Å². The Morgan fingerprint density at radius 3 is 2.81 bits per heavy atom. The average Bonchev–Trinajstić information content (AvgIpc) is 3.01. The number of benzene rings is 2. The van der Waals surface area contributed by atoms with Crippen LogP contribution in [0.4, 0.5) is 0 Å². The van der Waals surface area contributed by atoms with Gasteiger partial charge in [0.1, 0.15) is 18.1 Å². The molecule has 0 aromatic heterocycles. The first kappa shape index (κ1) is 14.0. The highest BCUT2D eigenvalue weighted by molar-refractivity contribution is 5.45. The van der Waals surface area contributed by atoms with Crippen LogP contribution in [0.15, 0.2) is 48.5 Å². The number of para-hydroxylation sites is 2. The number of hydrogen-bond acceptors (Lipinski definition) is 3. The van der Waals surface area contributed by atoms with Gasteiger partial charge in [-0.25, -0.2) is 0 Å². The molecule has 1 atom stereocenters. The van der Waals surface area contributed by atoms with Gasteiger partial charge in [0, 0.05) is 12.0 Å². The summed E-state index contributed by atoms with van der Waals surface area (Å²) in [6.07, 6.45) is 1.00. The van der Waals surface area contributed by atoms with E-state index in [1.807, 2.05) is 30.3 Å². The zero-order chi connectivity index (χ0) is 14.5. The molecule has 1 aliphatic rings. The number of nitrogens with one attached hydrogen (secondary N) is 1. The van der Waals surface area contributed by atoms with Crippen molar-refractivity contribution in [3.63, 3.8) is 0 Å². The Morgan fingerprint density at radius 2 is 2.00 bits per heavy atom. The van der Waals surface area contributed by atoms with E-state index in [2.05, 4.69) is 30.4 Å². The lowest BCUT2D eigenvalue weighted by molar-refractivity contribution is 0.262. The van der Waals surface area contributed by atoms with Crippen LogP contribution < -0.4 is 14.8 Å². The van der Waals surface area contributed by atoms with E-state index < -0.39 is 0 Å². The summed E-state index contributed by atoms with van der Waals surface area (Å²) in [4.78, 5) is 0. The van der Waals surface area contributed by atoms with Gasteiger partial charge in [0.05, 0.1) is 12.6 Å². The minimum absolute atomic E-state index is 0.142. The second-order valence-electron chi connectivity index (χ2n) is 5.17. The van der Waals surface area contributed by atoms with Crippen LogP contribution in [0.2, 0.25) is 0 Å². The molecule has 1 aliphatic heterocycles. The van der Waals surface area contributed by atoms with Gasteiger partial charge in [-0.05, 0) is 24.2 Å². The van der Waals surface area contributed by atoms with Crippen molar-refractivity contribution in [2.45, 2.75) is 19.4 Å². The van der Waals surface area contributed by atoms with Crippen LogP contribution in [0.3, 0.4) is 0 Å². The molecule has 2 aromatic rings. The Morgan fingerprint density at radius 1 is 1.14 bits per heavy atom. The lowest BCUT2D eigenvalue weighted by Gasteiger charge is -2.21. The van der Waals surface area contributed by atoms with Crippen molar-refractivity contribution in [2.24, 2.45) is 0 Å². The zero-order valence-electron chi connectivity index (χ0n) is 12.3. The molecular weight excluding hydrogens is 262 g/mol. The van der Waals surface area contributed by atoms with E-state index in [4.69, 9.17) is 9.47 Å². The topological polar surface area (TPSA) is 30.5 Å². The van der Waals surface area contributed by atoms with Crippen molar-refractivity contribution in [3.8, 4) is 11.5 Å². The molecule has 110 valence electrons. The van der Waals surface area contributed by atoms with Crippen molar-refractivity contribution in [1.29, 1.82) is 0 Å². The molecule has 0 bridgehead atoms. The Hall–Kier alpha value is -2.00. The summed E-state index contributed by atoms with van der Waals surface area (Å²) in [6.45, 7) is 4.38. The van der Waals surface area contributed by atoms with Gasteiger partial charge in [-0.3, -0.25) is 0 Å². The summed E-state index contributed by atoms with van der Waals surface area (Å²) >= 11 is 0. The van der Waals surface area contributed by atoms with Crippen molar-refractivity contribution >= 4 is 0 Å². The minimum atomic E-state index is 0.142. The van der Waals surface area contributed by atoms with Crippen molar-refractivity contribution in [2.75, 3.05) is 19.8 Å². The van der Waals surface area contributed by atoms with Gasteiger partial charge >= 0.3 is 0 Å². The molecular formula is C18H21NO2. The Bertz CT molecular complexity index is 583. The molecule has 0 saturated heterocycles. The van der Waals surface area contributed by atoms with E-state index in [9.17, 15) is 0 Å². The highest BCUT2D eigenvalue weighted by Crippen LogP contribution is 2.33. The summed E-state index contributed by atoms with van der Waals surface area (Å²) in [6, 6.07) is 16.5. The number of likely N-dealkylation sites (N-methyl/N-ethyl adjacent to an activating group) is 1. The van der Waals surface area contributed by atoms with E-state index >= 15 is 0 Å². The maximum Gasteiger partial charge on any atom is 0.127 e. The van der Waals surface area contributed by atoms with Gasteiger partial charge in [0.25, 0.3) is 0 Å². The first-order chi connectivity index (χ1) is 10.4. The van der Waals surface area contributed by atoms with E-state index in [0.717, 1.165) is 31.1 Å². The van der Waals surface area contributed by atoms with E-state index in [-0.39, 0.29) is 6.04 Å². The molecule has 0 fully saturated rings. The second kappa shape index (κ2) is 6.64. The summed E-state index contributed by atoms with van der Waals surface area (Å²) in [5.41, 5.74) is 2.50. The first-order valence-electron chi connectivity index (χ1n) is 7.54. The van der Waals surface area contributed by atoms with Crippen molar-refractivity contribution in [3.05, 3.63) is 59.7 Å². The van der Waals surface area contributed by atoms with E-state index in [0.29, 0.717) is 6.61 Å². The molecule has 2 aromatic carbocycles. The molecule has 1 unspecified atom stereocenters. The van der Waals surface area contributed by atoms with Gasteiger partial charge in [0.15, 0.2) is 0 Å². The number of ether oxygens (including phenoxy) is 2. The SMILES string of the molecule is CCNC(COc1ccccc1)c1cccc2c1OCC2. The lowest BCUT2D eigenvalue weighted by atomic mass is 10.0. The highest BCUT2D eigenvalue weighted by Gasteiger charge is 2.22. The monoisotopic (exact) mass is 283 g/mol. The Kier molecular flexibility index (Phi) is 4.41. The van der Waals surface area contributed by atoms with E-state index in [1.165, 1.54) is 11.1 Å². The number of rotatable bonds is 6. The third-order valence-electron chi connectivity index (χ3n) is 3.73. The molecule has 0 radical (unpaired) electrons. The second-order valence-corrected chi connectivity index (χ2v) is 5.17. The van der Waals surface area contributed by atoms with Crippen LogP contribution in [0.5, 0.6) is 11.5 Å². The third kappa shape index (κ3) is 3.19. The molecule has 3 rings (SSSR count). The summed E-state index contributed by atoms with van der Waals surface area (Å²) < 4.78 is 11.7. The first-order valence-corrected chi connectivity index (χ1v) is 7.54. The van der Waals surface area contributed by atoms with Gasteiger partial charge < -0.3 is 14.8 Å². The lowest BCUT2D eigenvalue weighted by Crippen LogP contribution is -2.27. The highest BCUT2D eigenvalue weighted by atomic mass is 16.5. The zero-order valence-corrected chi connectivity index (χ0v) is 12.3. The Balaban J connectivity index is 1.77. The fraction of sp³-hybridized carbons (Fsp3) is 0.333. The van der Waals surface area contributed by atoms with Crippen molar-refractivity contribution in [1.82, 2.24) is 5.32 Å². The standard InChI is InChI=1S/C18H21NO2/c1-2-19-17(13-21-15-8-4-3-5-9-15)16-10-6-7-14-11-12-20-18(14)16/h3-10,17,19H,2,11-13H2,1H3. The molecule has 0 aliphatic carbocycles. The maximum absolute atomic E-state index is 5.92. The molecule has 1 heterocycles. The normalized spacial score (nSPS) is 14.3. The van der Waals surface area contributed by atoms with Gasteiger partial charge in [-0.2, -0.15) is 0 Å². The van der Waals surface area contributed by atoms with Crippen LogP contribution in [-0.2, 0) is 6.42 Å². The van der Waals surface area contributed by atoms with Crippen LogP contribution in [-0.4, -0.2) is 19.8 Å². The molecule has 3 heteroatoms. The maximum atomic E-state index is 5.92. The predicted octanol–water partition coefficient (Wildman–Crippen LogP) is 3.35. The van der Waals surface area contributed by atoms with Crippen LogP contribution >= 0.6 is 0 Å². The molecule has 3 nitrogen and oxygen atoms in total. The van der Waals surface area contributed by atoms with Crippen LogP contribution in [0.25, 0.3) is 0 Å². The molecule has 0 amide bonds. The third-order valence-corrected chi connectivity index (χ3v) is 3.73. The van der Waals surface area contributed by atoms with Gasteiger partial charge in [-0.1, -0.05) is 43.3 Å². The Labute approximate surface area is 125 Å². The molecule has 1 N–H and O–H groups in total. The fourth-order valence-electron chi connectivity index (χ4n) is 2.72. The summed E-state index contributed by atoms with van der Waals surface area (Å²) in [5.74, 6) is 1.94. The molecule has 21 heavy (non-hydrogen) atoms. The fourth-order valence-corrected chi connectivity index (χ4v) is 2.72. The average molecular weight is 283 g/mol. The van der Waals surface area contributed by atoms with Gasteiger partial charge in [0.2, 0.25) is 0 Å². The van der Waals surface area contributed by atoms with E-state index in [1.54, 1.807) is 0 Å². The number of fused-ring (bicyclic) bond motifs is 1. The van der Waals surface area contributed by atoms with Gasteiger partial charge in [-0.15, -0.1) is 0 Å². The van der Waals surface area contributed by atoms with Crippen LogP contribution in [0.1, 0.15) is 24.1 Å². The summed E-state index contributed by atoms with van der Waals surface area (Å²) in [7, 11) is 0. The minimum Gasteiger partial charge on any atom is -0.493 e. The smallest absolute Gasteiger partial charge is 0.127 e. The van der Waals surface area contributed by atoms with Crippen molar-refractivity contribution < 1.29 is 9.47 Å². The molecule has 0 spiro atoms.